The van der Waals surface area contributed by atoms with Gasteiger partial charge in [-0.05, 0) is 54.4 Å². The number of carbonyl (C=O) groups excluding carboxylic acids is 3. The van der Waals surface area contributed by atoms with E-state index in [1.807, 2.05) is 36.4 Å². The Morgan fingerprint density at radius 2 is 1.63 bits per heavy atom. The molecule has 1 amide bonds. The lowest BCUT2D eigenvalue weighted by Gasteiger charge is -2.19. The van der Waals surface area contributed by atoms with Gasteiger partial charge in [0.1, 0.15) is 5.75 Å². The Morgan fingerprint density at radius 1 is 0.933 bits per heavy atom. The molecule has 0 saturated carbocycles. The van der Waals surface area contributed by atoms with Crippen molar-refractivity contribution in [3.8, 4) is 5.75 Å². The van der Waals surface area contributed by atoms with E-state index in [4.69, 9.17) is 9.47 Å². The largest absolute Gasteiger partial charge is 0.484 e. The van der Waals surface area contributed by atoms with Gasteiger partial charge in [0, 0.05) is 5.56 Å². The van der Waals surface area contributed by atoms with E-state index in [0.29, 0.717) is 16.9 Å². The number of ether oxygens (including phenoxy) is 2. The van der Waals surface area contributed by atoms with Crippen LogP contribution < -0.4 is 10.1 Å². The number of esters is 1. The number of carbonyl (C=O) groups is 3. The van der Waals surface area contributed by atoms with Crippen molar-refractivity contribution in [2.45, 2.75) is 19.9 Å². The van der Waals surface area contributed by atoms with Gasteiger partial charge in [0.25, 0.3) is 5.91 Å². The summed E-state index contributed by atoms with van der Waals surface area (Å²) >= 11 is 0. The highest BCUT2D eigenvalue weighted by molar-refractivity contribution is 5.94. The third-order valence-electron chi connectivity index (χ3n) is 4.59. The first-order valence-corrected chi connectivity index (χ1v) is 9.67. The molecule has 0 unspecified atom stereocenters. The van der Waals surface area contributed by atoms with E-state index in [-0.39, 0.29) is 19.0 Å². The van der Waals surface area contributed by atoms with Gasteiger partial charge in [0.2, 0.25) is 0 Å². The molecule has 0 heterocycles. The fourth-order valence-electron chi connectivity index (χ4n) is 3.13. The van der Waals surface area contributed by atoms with Crippen molar-refractivity contribution in [2.75, 3.05) is 13.2 Å². The monoisotopic (exact) mass is 405 g/mol. The summed E-state index contributed by atoms with van der Waals surface area (Å²) in [6.45, 7) is 3.12. The first-order chi connectivity index (χ1) is 14.5. The van der Waals surface area contributed by atoms with Gasteiger partial charge in [-0.2, -0.15) is 0 Å². The third kappa shape index (κ3) is 5.03. The molecule has 1 atom stereocenters. The number of rotatable bonds is 8. The van der Waals surface area contributed by atoms with Gasteiger partial charge in [0.05, 0.1) is 6.61 Å². The van der Waals surface area contributed by atoms with Crippen LogP contribution >= 0.6 is 0 Å². The molecular weight excluding hydrogens is 382 g/mol. The second-order valence-electron chi connectivity index (χ2n) is 6.69. The molecule has 0 aromatic heterocycles. The predicted octanol–water partition coefficient (Wildman–Crippen LogP) is 3.84. The van der Waals surface area contributed by atoms with Crippen LogP contribution in [0.15, 0.2) is 66.7 Å². The lowest BCUT2D eigenvalue weighted by Crippen LogP contribution is -2.37. The fourth-order valence-corrected chi connectivity index (χ4v) is 3.13. The topological polar surface area (TPSA) is 81.7 Å². The van der Waals surface area contributed by atoms with Crippen molar-refractivity contribution in [3.05, 3.63) is 77.9 Å². The van der Waals surface area contributed by atoms with Crippen molar-refractivity contribution < 1.29 is 23.9 Å². The maximum absolute atomic E-state index is 12.6. The lowest BCUT2D eigenvalue weighted by atomic mass is 9.98. The Kier molecular flexibility index (Phi) is 6.80. The van der Waals surface area contributed by atoms with Gasteiger partial charge in [-0.1, -0.05) is 42.5 Å². The van der Waals surface area contributed by atoms with Crippen LogP contribution in [0.4, 0.5) is 0 Å². The van der Waals surface area contributed by atoms with Gasteiger partial charge >= 0.3 is 5.97 Å². The Morgan fingerprint density at radius 3 is 2.33 bits per heavy atom. The van der Waals surface area contributed by atoms with Crippen molar-refractivity contribution >= 4 is 28.4 Å². The molecule has 3 rings (SSSR count). The third-order valence-corrected chi connectivity index (χ3v) is 4.59. The van der Waals surface area contributed by atoms with Crippen molar-refractivity contribution in [1.82, 2.24) is 5.32 Å². The summed E-state index contributed by atoms with van der Waals surface area (Å²) in [5.41, 5.74) is 1.22. The number of Topliss-reactive ketones (excluding diaryl/α,β-unsaturated/α-hetero) is 1. The average Bonchev–Trinajstić information content (AvgIpc) is 2.76. The Balaban J connectivity index is 1.75. The number of nitrogens with one attached hydrogen (secondary N) is 1. The van der Waals surface area contributed by atoms with Crippen LogP contribution in [-0.4, -0.2) is 30.9 Å². The zero-order valence-corrected chi connectivity index (χ0v) is 16.9. The number of hydrogen-bond donors (Lipinski definition) is 1. The molecule has 0 bridgehead atoms. The summed E-state index contributed by atoms with van der Waals surface area (Å²) in [7, 11) is 0. The molecule has 3 aromatic rings. The molecule has 0 aliphatic heterocycles. The first-order valence-electron chi connectivity index (χ1n) is 9.67. The summed E-state index contributed by atoms with van der Waals surface area (Å²) < 4.78 is 10.7. The van der Waals surface area contributed by atoms with Crippen LogP contribution in [0.25, 0.3) is 10.8 Å². The molecule has 30 heavy (non-hydrogen) atoms. The molecule has 6 nitrogen and oxygen atoms in total. The molecule has 0 radical (unpaired) electrons. The van der Waals surface area contributed by atoms with E-state index < -0.39 is 17.9 Å². The normalized spacial score (nSPS) is 11.5. The van der Waals surface area contributed by atoms with Crippen LogP contribution in [0.2, 0.25) is 0 Å². The zero-order valence-electron chi connectivity index (χ0n) is 16.9. The van der Waals surface area contributed by atoms with Crippen LogP contribution in [0, 0.1) is 0 Å². The van der Waals surface area contributed by atoms with E-state index in [1.165, 1.54) is 6.92 Å². The van der Waals surface area contributed by atoms with Gasteiger partial charge in [-0.15, -0.1) is 0 Å². The standard InChI is InChI=1S/C24H23NO5/c1-3-29-24(28)23(21-10-6-8-18-7-4-5-9-20(18)21)25-22(27)15-30-19-13-11-17(12-14-19)16(2)26/h4-14,23H,3,15H2,1-2H3,(H,25,27)/t23-/m0/s1. The van der Waals surface area contributed by atoms with Crippen molar-refractivity contribution in [3.63, 3.8) is 0 Å². The highest BCUT2D eigenvalue weighted by atomic mass is 16.5. The average molecular weight is 405 g/mol. The van der Waals surface area contributed by atoms with Gasteiger partial charge < -0.3 is 14.8 Å². The second-order valence-corrected chi connectivity index (χ2v) is 6.69. The molecule has 0 spiro atoms. The lowest BCUT2D eigenvalue weighted by molar-refractivity contribution is -0.147. The molecular formula is C24H23NO5. The fraction of sp³-hybridized carbons (Fsp3) is 0.208. The van der Waals surface area contributed by atoms with Crippen LogP contribution in [-0.2, 0) is 14.3 Å². The van der Waals surface area contributed by atoms with Gasteiger partial charge in [-0.25, -0.2) is 4.79 Å². The van der Waals surface area contributed by atoms with Crippen LogP contribution in [0.1, 0.15) is 35.8 Å². The van der Waals surface area contributed by atoms with Crippen LogP contribution in [0.3, 0.4) is 0 Å². The quantitative estimate of drug-likeness (QED) is 0.455. The van der Waals surface area contributed by atoms with Crippen LogP contribution in [0.5, 0.6) is 5.75 Å². The summed E-state index contributed by atoms with van der Waals surface area (Å²) in [6.07, 6.45) is 0. The summed E-state index contributed by atoms with van der Waals surface area (Å²) in [4.78, 5) is 36.5. The minimum absolute atomic E-state index is 0.0494. The SMILES string of the molecule is CCOC(=O)[C@@H](NC(=O)COc1ccc(C(C)=O)cc1)c1cccc2ccccc12. The Hall–Kier alpha value is -3.67. The van der Waals surface area contributed by atoms with Gasteiger partial charge in [-0.3, -0.25) is 9.59 Å². The van der Waals surface area contributed by atoms with E-state index in [2.05, 4.69) is 5.32 Å². The van der Waals surface area contributed by atoms with Crippen molar-refractivity contribution in [1.29, 1.82) is 0 Å². The molecule has 0 fully saturated rings. The molecule has 0 saturated heterocycles. The minimum atomic E-state index is -0.952. The molecule has 0 aliphatic rings. The number of ketones is 1. The summed E-state index contributed by atoms with van der Waals surface area (Å²) in [5, 5.41) is 4.54. The summed E-state index contributed by atoms with van der Waals surface area (Å²) in [5.74, 6) is -0.593. The molecule has 0 aliphatic carbocycles. The van der Waals surface area contributed by atoms with Gasteiger partial charge in [0.15, 0.2) is 18.4 Å². The van der Waals surface area contributed by atoms with Crippen molar-refractivity contribution in [2.24, 2.45) is 0 Å². The summed E-state index contributed by atoms with van der Waals surface area (Å²) in [6, 6.07) is 18.8. The molecule has 3 aromatic carbocycles. The number of amides is 1. The van der Waals surface area contributed by atoms with E-state index in [9.17, 15) is 14.4 Å². The smallest absolute Gasteiger partial charge is 0.333 e. The molecule has 1 N–H and O–H groups in total. The number of benzene rings is 3. The first kappa shape index (κ1) is 21.0. The predicted molar refractivity (Wildman–Crippen MR) is 113 cm³/mol. The molecule has 6 heteroatoms. The maximum Gasteiger partial charge on any atom is 0.333 e. The highest BCUT2D eigenvalue weighted by Crippen LogP contribution is 2.25. The Labute approximate surface area is 174 Å². The van der Waals surface area contributed by atoms with E-state index >= 15 is 0 Å². The number of hydrogen-bond acceptors (Lipinski definition) is 5. The van der Waals surface area contributed by atoms with E-state index in [0.717, 1.165) is 10.8 Å². The minimum Gasteiger partial charge on any atom is -0.484 e. The highest BCUT2D eigenvalue weighted by Gasteiger charge is 2.26. The number of fused-ring (bicyclic) bond motifs is 1. The van der Waals surface area contributed by atoms with E-state index in [1.54, 1.807) is 37.3 Å². The second kappa shape index (κ2) is 9.69. The zero-order chi connectivity index (χ0) is 21.5. The maximum atomic E-state index is 12.6. The Bertz CT molecular complexity index is 1050. The molecule has 154 valence electrons.